The van der Waals surface area contributed by atoms with Crippen LogP contribution >= 0.6 is 11.3 Å². The van der Waals surface area contributed by atoms with E-state index in [0.29, 0.717) is 23.7 Å². The van der Waals surface area contributed by atoms with Crippen molar-refractivity contribution in [2.75, 3.05) is 18.6 Å². The molecule has 3 heterocycles. The first-order valence-corrected chi connectivity index (χ1v) is 13.9. The van der Waals surface area contributed by atoms with Crippen LogP contribution in [0.1, 0.15) is 24.0 Å². The lowest BCUT2D eigenvalue weighted by Crippen LogP contribution is -2.47. The normalized spacial score (nSPS) is 16.3. The Labute approximate surface area is 214 Å². The zero-order valence-corrected chi connectivity index (χ0v) is 21.6. The molecule has 10 heteroatoms. The van der Waals surface area contributed by atoms with Gasteiger partial charge >= 0.3 is 0 Å². The first-order chi connectivity index (χ1) is 17.4. The Balaban J connectivity index is 1.51. The fourth-order valence-corrected chi connectivity index (χ4v) is 7.14. The number of carbonyl (C=O) groups is 1. The number of thiazole rings is 1. The van der Waals surface area contributed by atoms with Gasteiger partial charge in [0.1, 0.15) is 11.8 Å². The third kappa shape index (κ3) is 4.59. The Bertz CT molecular complexity index is 1490. The molecule has 1 aliphatic rings. The summed E-state index contributed by atoms with van der Waals surface area (Å²) in [5, 5.41) is 0.543. The molecule has 186 valence electrons. The van der Waals surface area contributed by atoms with Crippen LogP contribution in [-0.2, 0) is 21.4 Å². The Morgan fingerprint density at radius 1 is 1.17 bits per heavy atom. The zero-order valence-electron chi connectivity index (χ0n) is 20.0. The quantitative estimate of drug-likeness (QED) is 0.357. The van der Waals surface area contributed by atoms with Crippen LogP contribution in [0.15, 0.2) is 71.9 Å². The molecule has 1 unspecified atom stereocenters. The third-order valence-electron chi connectivity index (χ3n) is 6.32. The van der Waals surface area contributed by atoms with Crippen molar-refractivity contribution in [3.63, 3.8) is 0 Å². The monoisotopic (exact) mass is 522 g/mol. The molecule has 1 atom stereocenters. The molecule has 2 aromatic heterocycles. The predicted octanol–water partition coefficient (Wildman–Crippen LogP) is 4.39. The summed E-state index contributed by atoms with van der Waals surface area (Å²) in [4.78, 5) is 24.8. The molecule has 1 fully saturated rings. The molecule has 1 amide bonds. The molecule has 0 aliphatic carbocycles. The van der Waals surface area contributed by atoms with E-state index in [-0.39, 0.29) is 23.9 Å². The van der Waals surface area contributed by atoms with Crippen LogP contribution in [0.4, 0.5) is 5.13 Å². The Morgan fingerprint density at radius 3 is 2.67 bits per heavy atom. The van der Waals surface area contributed by atoms with Gasteiger partial charge in [-0.3, -0.25) is 14.7 Å². The minimum absolute atomic E-state index is 0.137. The van der Waals surface area contributed by atoms with Gasteiger partial charge in [-0.05, 0) is 67.3 Å². The number of pyridine rings is 1. The van der Waals surface area contributed by atoms with Crippen LogP contribution in [0, 0.1) is 6.92 Å². The number of nitrogens with zero attached hydrogens (tertiary/aromatic N) is 4. The number of benzene rings is 2. The summed E-state index contributed by atoms with van der Waals surface area (Å²) >= 11 is 1.43. The van der Waals surface area contributed by atoms with E-state index in [1.807, 2.05) is 37.3 Å². The number of aromatic nitrogens is 2. The number of anilines is 1. The molecule has 36 heavy (non-hydrogen) atoms. The summed E-state index contributed by atoms with van der Waals surface area (Å²) in [6, 6.07) is 15.1. The van der Waals surface area contributed by atoms with Crippen molar-refractivity contribution in [3.05, 3.63) is 78.1 Å². The smallest absolute Gasteiger partial charge is 0.247 e. The van der Waals surface area contributed by atoms with Gasteiger partial charge in [-0.25, -0.2) is 13.4 Å². The van der Waals surface area contributed by atoms with E-state index in [0.717, 1.165) is 21.3 Å². The first kappa shape index (κ1) is 24.4. The molecular weight excluding hydrogens is 496 g/mol. The van der Waals surface area contributed by atoms with E-state index in [9.17, 15) is 13.2 Å². The number of hydrogen-bond donors (Lipinski definition) is 0. The minimum Gasteiger partial charge on any atom is -0.497 e. The van der Waals surface area contributed by atoms with Crippen LogP contribution in [0.2, 0.25) is 0 Å². The van der Waals surface area contributed by atoms with Crippen LogP contribution in [0.3, 0.4) is 0 Å². The van der Waals surface area contributed by atoms with Gasteiger partial charge in [0.05, 0.1) is 28.8 Å². The van der Waals surface area contributed by atoms with Gasteiger partial charge in [-0.1, -0.05) is 29.5 Å². The summed E-state index contributed by atoms with van der Waals surface area (Å²) in [5.74, 6) is 0.280. The fourth-order valence-electron chi connectivity index (χ4n) is 4.44. The van der Waals surface area contributed by atoms with Crippen LogP contribution < -0.4 is 9.64 Å². The molecule has 1 aliphatic heterocycles. The highest BCUT2D eigenvalue weighted by Gasteiger charge is 2.42. The highest BCUT2D eigenvalue weighted by Crippen LogP contribution is 2.34. The van der Waals surface area contributed by atoms with Gasteiger partial charge in [0.15, 0.2) is 5.13 Å². The molecule has 8 nitrogen and oxygen atoms in total. The summed E-state index contributed by atoms with van der Waals surface area (Å²) in [6.45, 7) is 2.52. The number of sulfonamides is 1. The summed E-state index contributed by atoms with van der Waals surface area (Å²) in [6.07, 6.45) is 4.43. The van der Waals surface area contributed by atoms with E-state index in [4.69, 9.17) is 9.72 Å². The standard InChI is InChI=1S/C26H26N4O4S2/c1-18-6-3-9-23-24(18)28-26(35-23)29(17-19-7-4-14-27-16-19)25(31)22-8-5-15-30(22)36(32,33)21-12-10-20(34-2)11-13-21/h3-4,6-7,9-14,16,22H,5,8,15,17H2,1-2H3. The number of amides is 1. The summed E-state index contributed by atoms with van der Waals surface area (Å²) in [5.41, 5.74) is 2.70. The molecule has 0 spiro atoms. The second-order valence-corrected chi connectivity index (χ2v) is 11.6. The summed E-state index contributed by atoms with van der Waals surface area (Å²) in [7, 11) is -2.35. The van der Waals surface area contributed by atoms with Crippen molar-refractivity contribution in [1.29, 1.82) is 0 Å². The molecule has 0 N–H and O–H groups in total. The van der Waals surface area contributed by atoms with Gasteiger partial charge < -0.3 is 4.74 Å². The largest absolute Gasteiger partial charge is 0.497 e. The number of methoxy groups -OCH3 is 1. The van der Waals surface area contributed by atoms with Crippen molar-refractivity contribution < 1.29 is 17.9 Å². The first-order valence-electron chi connectivity index (χ1n) is 11.6. The average Bonchev–Trinajstić information content (AvgIpc) is 3.56. The number of hydrogen-bond acceptors (Lipinski definition) is 7. The lowest BCUT2D eigenvalue weighted by molar-refractivity contribution is -0.121. The Kier molecular flexibility index (Phi) is 6.74. The molecule has 5 rings (SSSR count). The lowest BCUT2D eigenvalue weighted by Gasteiger charge is -2.28. The number of fused-ring (bicyclic) bond motifs is 1. The topological polar surface area (TPSA) is 92.7 Å². The van der Waals surface area contributed by atoms with Crippen LogP contribution in [-0.4, -0.2) is 48.3 Å². The van der Waals surface area contributed by atoms with Gasteiger partial charge in [-0.15, -0.1) is 0 Å². The minimum atomic E-state index is -3.88. The van der Waals surface area contributed by atoms with Crippen molar-refractivity contribution in [2.45, 2.75) is 37.2 Å². The maximum Gasteiger partial charge on any atom is 0.247 e. The molecule has 0 saturated carbocycles. The third-order valence-corrected chi connectivity index (χ3v) is 9.29. The second kappa shape index (κ2) is 9.96. The average molecular weight is 523 g/mol. The molecule has 0 radical (unpaired) electrons. The maximum absolute atomic E-state index is 14.0. The zero-order chi connectivity index (χ0) is 25.3. The van der Waals surface area contributed by atoms with Gasteiger partial charge in [0, 0.05) is 18.9 Å². The van der Waals surface area contributed by atoms with Crippen LogP contribution in [0.5, 0.6) is 5.75 Å². The number of rotatable bonds is 7. The molecule has 0 bridgehead atoms. The van der Waals surface area contributed by atoms with E-state index < -0.39 is 16.1 Å². The van der Waals surface area contributed by atoms with E-state index in [2.05, 4.69) is 4.98 Å². The van der Waals surface area contributed by atoms with Crippen molar-refractivity contribution in [1.82, 2.24) is 14.3 Å². The summed E-state index contributed by atoms with van der Waals surface area (Å²) < 4.78 is 34.5. The van der Waals surface area contributed by atoms with Crippen molar-refractivity contribution in [2.24, 2.45) is 0 Å². The van der Waals surface area contributed by atoms with Gasteiger partial charge in [-0.2, -0.15) is 4.31 Å². The van der Waals surface area contributed by atoms with E-state index in [1.165, 1.54) is 34.9 Å². The van der Waals surface area contributed by atoms with Gasteiger partial charge in [0.2, 0.25) is 15.9 Å². The second-order valence-electron chi connectivity index (χ2n) is 8.65. The number of carbonyl (C=O) groups excluding carboxylic acids is 1. The van der Waals surface area contributed by atoms with Gasteiger partial charge in [0.25, 0.3) is 0 Å². The van der Waals surface area contributed by atoms with Crippen molar-refractivity contribution in [3.8, 4) is 5.75 Å². The molecule has 4 aromatic rings. The van der Waals surface area contributed by atoms with E-state index in [1.54, 1.807) is 29.4 Å². The Hall–Kier alpha value is -3.34. The highest BCUT2D eigenvalue weighted by atomic mass is 32.2. The number of ether oxygens (including phenoxy) is 1. The predicted molar refractivity (Wildman–Crippen MR) is 140 cm³/mol. The fraction of sp³-hybridized carbons (Fsp3) is 0.269. The SMILES string of the molecule is COc1ccc(S(=O)(=O)N2CCCC2C(=O)N(Cc2cccnc2)c2nc3c(C)cccc3s2)cc1. The lowest BCUT2D eigenvalue weighted by atomic mass is 10.2. The molecule has 2 aromatic carbocycles. The number of para-hydroxylation sites is 1. The van der Waals surface area contributed by atoms with Crippen LogP contribution in [0.25, 0.3) is 10.2 Å². The maximum atomic E-state index is 14.0. The van der Waals surface area contributed by atoms with E-state index >= 15 is 0 Å². The Morgan fingerprint density at radius 2 is 1.97 bits per heavy atom. The molecule has 1 saturated heterocycles. The highest BCUT2D eigenvalue weighted by molar-refractivity contribution is 7.89. The van der Waals surface area contributed by atoms with Crippen molar-refractivity contribution >= 4 is 42.6 Å². The molecular formula is C26H26N4O4S2. The number of aryl methyl sites for hydroxylation is 1.